The molecule has 0 bridgehead atoms. The first-order chi connectivity index (χ1) is 11.9. The minimum absolute atomic E-state index is 0.164. The summed E-state index contributed by atoms with van der Waals surface area (Å²) in [5, 5.41) is 20.2. The van der Waals surface area contributed by atoms with E-state index in [1.807, 2.05) is 6.07 Å². The standard InChI is InChI=1S/C17H15N3O5/c1-11-7-14(8-12-3-5-13(9-18)6-4-12)16(20(23)24)17(22)19(11)10-15(21)25-2/h3-7H,8,10H2,1-2H3. The molecule has 1 heterocycles. The topological polar surface area (TPSA) is 115 Å². The lowest BCUT2D eigenvalue weighted by Crippen LogP contribution is -2.29. The third-order valence-electron chi connectivity index (χ3n) is 3.74. The number of aryl methyl sites for hydroxylation is 1. The molecule has 8 heteroatoms. The van der Waals surface area contributed by atoms with Crippen LogP contribution < -0.4 is 5.56 Å². The van der Waals surface area contributed by atoms with Crippen LogP contribution >= 0.6 is 0 Å². The molecule has 1 aromatic heterocycles. The first kappa shape index (κ1) is 17.9. The highest BCUT2D eigenvalue weighted by Gasteiger charge is 2.24. The number of benzene rings is 1. The van der Waals surface area contributed by atoms with Gasteiger partial charge >= 0.3 is 17.2 Å². The molecule has 0 saturated heterocycles. The second kappa shape index (κ2) is 7.40. The Morgan fingerprint density at radius 1 is 1.36 bits per heavy atom. The van der Waals surface area contributed by atoms with Crippen LogP contribution in [0.1, 0.15) is 22.4 Å². The quantitative estimate of drug-likeness (QED) is 0.464. The monoisotopic (exact) mass is 341 g/mol. The van der Waals surface area contributed by atoms with Gasteiger partial charge in [-0.3, -0.25) is 24.3 Å². The number of hydrogen-bond donors (Lipinski definition) is 0. The number of aromatic nitrogens is 1. The number of nitriles is 1. The highest BCUT2D eigenvalue weighted by Crippen LogP contribution is 2.20. The molecule has 0 atom stereocenters. The summed E-state index contributed by atoms with van der Waals surface area (Å²) < 4.78 is 5.54. The van der Waals surface area contributed by atoms with Crippen molar-refractivity contribution in [3.63, 3.8) is 0 Å². The van der Waals surface area contributed by atoms with Crippen LogP contribution in [0.4, 0.5) is 5.69 Å². The molecule has 0 saturated carbocycles. The number of methoxy groups -OCH3 is 1. The average molecular weight is 341 g/mol. The Morgan fingerprint density at radius 3 is 2.52 bits per heavy atom. The number of ether oxygens (including phenoxy) is 1. The van der Waals surface area contributed by atoms with E-state index in [1.54, 1.807) is 31.2 Å². The summed E-state index contributed by atoms with van der Waals surface area (Å²) in [4.78, 5) is 34.5. The number of nitrogens with zero attached hydrogens (tertiary/aromatic N) is 3. The van der Waals surface area contributed by atoms with Gasteiger partial charge in [0.15, 0.2) is 0 Å². The number of pyridine rings is 1. The van der Waals surface area contributed by atoms with Gasteiger partial charge in [0.2, 0.25) is 0 Å². The van der Waals surface area contributed by atoms with Crippen LogP contribution in [0.2, 0.25) is 0 Å². The fourth-order valence-electron chi connectivity index (χ4n) is 2.46. The summed E-state index contributed by atoms with van der Waals surface area (Å²) in [5.74, 6) is -0.667. The van der Waals surface area contributed by atoms with Crippen molar-refractivity contribution in [3.8, 4) is 6.07 Å². The highest BCUT2D eigenvalue weighted by atomic mass is 16.6. The highest BCUT2D eigenvalue weighted by molar-refractivity contribution is 5.69. The fourth-order valence-corrected chi connectivity index (χ4v) is 2.46. The van der Waals surface area contributed by atoms with Crippen LogP contribution in [0, 0.1) is 28.4 Å². The molecule has 0 aliphatic carbocycles. The fraction of sp³-hybridized carbons (Fsp3) is 0.235. The van der Waals surface area contributed by atoms with E-state index >= 15 is 0 Å². The Balaban J connectivity index is 2.50. The van der Waals surface area contributed by atoms with Gasteiger partial charge in [0, 0.05) is 17.7 Å². The number of carbonyl (C=O) groups excluding carboxylic acids is 1. The first-order valence-corrected chi connectivity index (χ1v) is 7.31. The number of nitro groups is 1. The molecule has 0 N–H and O–H groups in total. The zero-order chi connectivity index (χ0) is 18.6. The second-order valence-electron chi connectivity index (χ2n) is 5.37. The molecule has 128 valence electrons. The Bertz CT molecular complexity index is 923. The molecule has 0 fully saturated rings. The van der Waals surface area contributed by atoms with Gasteiger partial charge in [-0.05, 0) is 30.7 Å². The zero-order valence-corrected chi connectivity index (χ0v) is 13.7. The van der Waals surface area contributed by atoms with E-state index in [2.05, 4.69) is 4.74 Å². The lowest BCUT2D eigenvalue weighted by atomic mass is 10.0. The van der Waals surface area contributed by atoms with E-state index in [9.17, 15) is 19.7 Å². The van der Waals surface area contributed by atoms with Crippen molar-refractivity contribution in [2.75, 3.05) is 7.11 Å². The van der Waals surface area contributed by atoms with E-state index in [0.29, 0.717) is 11.3 Å². The van der Waals surface area contributed by atoms with Crippen molar-refractivity contribution in [1.82, 2.24) is 4.57 Å². The van der Waals surface area contributed by atoms with Crippen molar-refractivity contribution in [3.05, 3.63) is 73.2 Å². The smallest absolute Gasteiger partial charge is 0.337 e. The third-order valence-corrected chi connectivity index (χ3v) is 3.74. The molecule has 25 heavy (non-hydrogen) atoms. The predicted octanol–water partition coefficient (Wildman–Crippen LogP) is 1.70. The van der Waals surface area contributed by atoms with Crippen LogP contribution in [0.3, 0.4) is 0 Å². The van der Waals surface area contributed by atoms with Gasteiger partial charge in [-0.2, -0.15) is 5.26 Å². The van der Waals surface area contributed by atoms with Crippen LogP contribution in [0.25, 0.3) is 0 Å². The maximum Gasteiger partial charge on any atom is 0.337 e. The van der Waals surface area contributed by atoms with Crippen molar-refractivity contribution in [2.45, 2.75) is 19.9 Å². The molecule has 2 aromatic rings. The van der Waals surface area contributed by atoms with Gasteiger partial charge in [-0.1, -0.05) is 12.1 Å². The molecular weight excluding hydrogens is 326 g/mol. The van der Waals surface area contributed by atoms with Crippen molar-refractivity contribution < 1.29 is 14.5 Å². The van der Waals surface area contributed by atoms with Gasteiger partial charge in [0.1, 0.15) is 6.54 Å². The number of esters is 1. The summed E-state index contributed by atoms with van der Waals surface area (Å²) in [6, 6.07) is 10.1. The van der Waals surface area contributed by atoms with Crippen molar-refractivity contribution in [2.24, 2.45) is 0 Å². The molecule has 0 aliphatic heterocycles. The minimum Gasteiger partial charge on any atom is -0.468 e. The van der Waals surface area contributed by atoms with Gasteiger partial charge < -0.3 is 4.74 Å². The van der Waals surface area contributed by atoms with Gasteiger partial charge in [0.05, 0.1) is 23.7 Å². The molecule has 0 unspecified atom stereocenters. The molecule has 8 nitrogen and oxygen atoms in total. The van der Waals surface area contributed by atoms with Crippen molar-refractivity contribution >= 4 is 11.7 Å². The maximum atomic E-state index is 12.5. The first-order valence-electron chi connectivity index (χ1n) is 7.31. The molecule has 0 radical (unpaired) electrons. The van der Waals surface area contributed by atoms with E-state index in [-0.39, 0.29) is 18.5 Å². The Kier molecular flexibility index (Phi) is 5.29. The predicted molar refractivity (Wildman–Crippen MR) is 88.1 cm³/mol. The van der Waals surface area contributed by atoms with E-state index in [0.717, 1.165) is 10.1 Å². The molecule has 1 aromatic carbocycles. The average Bonchev–Trinajstić information content (AvgIpc) is 2.58. The number of carbonyl (C=O) groups is 1. The Hall–Kier alpha value is -3.47. The molecule has 0 amide bonds. The molecule has 0 spiro atoms. The SMILES string of the molecule is COC(=O)Cn1c(C)cc(Cc2ccc(C#N)cc2)c([N+](=O)[O-])c1=O. The van der Waals surface area contributed by atoms with Crippen LogP contribution in [0.5, 0.6) is 0 Å². The van der Waals surface area contributed by atoms with Crippen LogP contribution in [0.15, 0.2) is 35.1 Å². The number of rotatable bonds is 5. The summed E-state index contributed by atoms with van der Waals surface area (Å²) in [5.41, 5.74) is 0.454. The minimum atomic E-state index is -0.848. The normalized spacial score (nSPS) is 10.1. The summed E-state index contributed by atoms with van der Waals surface area (Å²) in [7, 11) is 1.18. The van der Waals surface area contributed by atoms with Gasteiger partial charge in [-0.25, -0.2) is 0 Å². The van der Waals surface area contributed by atoms with Gasteiger partial charge in [0.25, 0.3) is 0 Å². The van der Waals surface area contributed by atoms with Gasteiger partial charge in [-0.15, -0.1) is 0 Å². The van der Waals surface area contributed by atoms with Crippen molar-refractivity contribution in [1.29, 1.82) is 5.26 Å². The van der Waals surface area contributed by atoms with E-state index < -0.39 is 22.1 Å². The summed E-state index contributed by atoms with van der Waals surface area (Å²) in [6.45, 7) is 1.20. The third kappa shape index (κ3) is 3.90. The lowest BCUT2D eigenvalue weighted by molar-refractivity contribution is -0.387. The summed E-state index contributed by atoms with van der Waals surface area (Å²) in [6.07, 6.45) is 0.164. The largest absolute Gasteiger partial charge is 0.468 e. The Morgan fingerprint density at radius 2 is 2.00 bits per heavy atom. The summed E-state index contributed by atoms with van der Waals surface area (Å²) >= 11 is 0. The zero-order valence-electron chi connectivity index (χ0n) is 13.7. The molecule has 2 rings (SSSR count). The molecule has 0 aliphatic rings. The number of hydrogen-bond acceptors (Lipinski definition) is 6. The van der Waals surface area contributed by atoms with E-state index in [1.165, 1.54) is 13.2 Å². The van der Waals surface area contributed by atoms with E-state index in [4.69, 9.17) is 5.26 Å². The molecular formula is C17H15N3O5. The van der Waals surface area contributed by atoms with Crippen LogP contribution in [-0.4, -0.2) is 22.6 Å². The van der Waals surface area contributed by atoms with Crippen LogP contribution in [-0.2, 0) is 22.5 Å². The maximum absolute atomic E-state index is 12.5. The Labute approximate surface area is 143 Å². The second-order valence-corrected chi connectivity index (χ2v) is 5.37. The lowest BCUT2D eigenvalue weighted by Gasteiger charge is -2.11.